The molecule has 0 fully saturated rings. The molecule has 1 aromatic carbocycles. The molecule has 0 aliphatic carbocycles. The van der Waals surface area contributed by atoms with E-state index in [0.29, 0.717) is 17.8 Å². The molecule has 1 unspecified atom stereocenters. The molecule has 2 amide bonds. The van der Waals surface area contributed by atoms with Gasteiger partial charge in [0.05, 0.1) is 6.20 Å². The van der Waals surface area contributed by atoms with Gasteiger partial charge >= 0.3 is 0 Å². The van der Waals surface area contributed by atoms with Gasteiger partial charge in [0.1, 0.15) is 6.04 Å². The molecular formula is C16H21N5O2. The van der Waals surface area contributed by atoms with Crippen LogP contribution < -0.4 is 16.0 Å². The zero-order valence-corrected chi connectivity index (χ0v) is 13.5. The van der Waals surface area contributed by atoms with Crippen molar-refractivity contribution in [2.24, 2.45) is 7.05 Å². The summed E-state index contributed by atoms with van der Waals surface area (Å²) in [6.07, 6.45) is 3.44. The zero-order valence-electron chi connectivity index (χ0n) is 13.5. The molecular weight excluding hydrogens is 294 g/mol. The van der Waals surface area contributed by atoms with E-state index in [1.165, 1.54) is 0 Å². The standard InChI is InChI=1S/C16H21N5O2/c1-4-18-15(22)11-5-7-13(8-6-11)20-16(23)14(17-2)12-9-19-21(3)10-12/h5-10,14,17H,4H2,1-3H3,(H,18,22)(H,20,23). The molecule has 7 nitrogen and oxygen atoms in total. The Kier molecular flexibility index (Phi) is 5.48. The molecule has 23 heavy (non-hydrogen) atoms. The summed E-state index contributed by atoms with van der Waals surface area (Å²) in [5.74, 6) is -0.319. The SMILES string of the molecule is CCNC(=O)c1ccc(NC(=O)C(NC)c2cnn(C)c2)cc1. The number of likely N-dealkylation sites (N-methyl/N-ethyl adjacent to an activating group) is 1. The molecule has 0 aliphatic heterocycles. The maximum Gasteiger partial charge on any atom is 0.251 e. The van der Waals surface area contributed by atoms with Crippen molar-refractivity contribution >= 4 is 17.5 Å². The number of nitrogens with zero attached hydrogens (tertiary/aromatic N) is 2. The third-order valence-corrected chi connectivity index (χ3v) is 3.36. The summed E-state index contributed by atoms with van der Waals surface area (Å²) in [5, 5.41) is 12.6. The van der Waals surface area contributed by atoms with Crippen molar-refractivity contribution < 1.29 is 9.59 Å². The molecule has 2 aromatic rings. The van der Waals surface area contributed by atoms with Crippen LogP contribution in [-0.4, -0.2) is 35.2 Å². The summed E-state index contributed by atoms with van der Waals surface area (Å²) >= 11 is 0. The first-order valence-corrected chi connectivity index (χ1v) is 7.40. The second kappa shape index (κ2) is 7.55. The van der Waals surface area contributed by atoms with Crippen LogP contribution in [0, 0.1) is 0 Å². The highest BCUT2D eigenvalue weighted by Crippen LogP contribution is 2.16. The van der Waals surface area contributed by atoms with E-state index in [9.17, 15) is 9.59 Å². The van der Waals surface area contributed by atoms with E-state index in [1.54, 1.807) is 55.4 Å². The number of aryl methyl sites for hydroxylation is 1. The van der Waals surface area contributed by atoms with Crippen LogP contribution in [0.2, 0.25) is 0 Å². The van der Waals surface area contributed by atoms with Gasteiger partial charge in [0, 0.05) is 36.6 Å². The number of anilines is 1. The molecule has 0 saturated heterocycles. The second-order valence-corrected chi connectivity index (χ2v) is 5.10. The number of amides is 2. The van der Waals surface area contributed by atoms with Crippen molar-refractivity contribution in [3.8, 4) is 0 Å². The fraction of sp³-hybridized carbons (Fsp3) is 0.312. The van der Waals surface area contributed by atoms with Crippen molar-refractivity contribution in [3.63, 3.8) is 0 Å². The Labute approximate surface area is 135 Å². The second-order valence-electron chi connectivity index (χ2n) is 5.10. The minimum absolute atomic E-state index is 0.131. The fourth-order valence-corrected chi connectivity index (χ4v) is 2.22. The summed E-state index contributed by atoms with van der Waals surface area (Å²) in [7, 11) is 3.52. The van der Waals surface area contributed by atoms with Crippen molar-refractivity contribution in [1.29, 1.82) is 0 Å². The average Bonchev–Trinajstić information content (AvgIpc) is 2.95. The number of benzene rings is 1. The number of rotatable bonds is 6. The van der Waals surface area contributed by atoms with Crippen molar-refractivity contribution in [1.82, 2.24) is 20.4 Å². The molecule has 1 aromatic heterocycles. The Morgan fingerprint density at radius 2 is 1.96 bits per heavy atom. The lowest BCUT2D eigenvalue weighted by Crippen LogP contribution is -2.30. The normalized spacial score (nSPS) is 11.8. The van der Waals surface area contributed by atoms with Gasteiger partial charge in [-0.05, 0) is 38.2 Å². The van der Waals surface area contributed by atoms with Crippen molar-refractivity contribution in [2.45, 2.75) is 13.0 Å². The number of hydrogen-bond donors (Lipinski definition) is 3. The van der Waals surface area contributed by atoms with Crippen LogP contribution in [0.3, 0.4) is 0 Å². The summed E-state index contributed by atoms with van der Waals surface area (Å²) < 4.78 is 1.65. The monoisotopic (exact) mass is 315 g/mol. The number of hydrogen-bond acceptors (Lipinski definition) is 4. The smallest absolute Gasteiger partial charge is 0.251 e. The predicted octanol–water partition coefficient (Wildman–Crippen LogP) is 1.07. The Morgan fingerprint density at radius 1 is 1.26 bits per heavy atom. The first-order valence-electron chi connectivity index (χ1n) is 7.40. The Hall–Kier alpha value is -2.67. The lowest BCUT2D eigenvalue weighted by atomic mass is 10.1. The third kappa shape index (κ3) is 4.17. The predicted molar refractivity (Wildman–Crippen MR) is 88.1 cm³/mol. The van der Waals surface area contributed by atoms with E-state index in [-0.39, 0.29) is 11.8 Å². The number of nitrogens with one attached hydrogen (secondary N) is 3. The molecule has 0 radical (unpaired) electrons. The van der Waals surface area contributed by atoms with E-state index in [4.69, 9.17) is 0 Å². The van der Waals surface area contributed by atoms with Crippen LogP contribution in [0.4, 0.5) is 5.69 Å². The quantitative estimate of drug-likeness (QED) is 0.744. The topological polar surface area (TPSA) is 88.1 Å². The largest absolute Gasteiger partial charge is 0.352 e. The van der Waals surface area contributed by atoms with Gasteiger partial charge < -0.3 is 16.0 Å². The van der Waals surface area contributed by atoms with Crippen LogP contribution in [0.25, 0.3) is 0 Å². The van der Waals surface area contributed by atoms with E-state index in [1.807, 2.05) is 6.92 Å². The minimum Gasteiger partial charge on any atom is -0.352 e. The molecule has 2 rings (SSSR count). The zero-order chi connectivity index (χ0) is 16.8. The summed E-state index contributed by atoms with van der Waals surface area (Å²) in [4.78, 5) is 24.1. The molecule has 1 atom stereocenters. The van der Waals surface area contributed by atoms with Crippen molar-refractivity contribution in [2.75, 3.05) is 18.9 Å². The summed E-state index contributed by atoms with van der Waals surface area (Å²) in [6.45, 7) is 2.44. The highest BCUT2D eigenvalue weighted by atomic mass is 16.2. The molecule has 0 saturated carbocycles. The van der Waals surface area contributed by atoms with Crippen LogP contribution in [0.15, 0.2) is 36.7 Å². The van der Waals surface area contributed by atoms with Gasteiger partial charge in [-0.2, -0.15) is 5.10 Å². The molecule has 122 valence electrons. The van der Waals surface area contributed by atoms with E-state index >= 15 is 0 Å². The van der Waals surface area contributed by atoms with E-state index in [2.05, 4.69) is 21.0 Å². The van der Waals surface area contributed by atoms with Crippen molar-refractivity contribution in [3.05, 3.63) is 47.8 Å². The van der Waals surface area contributed by atoms with E-state index < -0.39 is 6.04 Å². The summed E-state index contributed by atoms with van der Waals surface area (Å²) in [5.41, 5.74) is 1.97. The van der Waals surface area contributed by atoms with Gasteiger partial charge in [-0.1, -0.05) is 0 Å². The highest BCUT2D eigenvalue weighted by molar-refractivity contribution is 5.97. The fourth-order valence-electron chi connectivity index (χ4n) is 2.22. The third-order valence-electron chi connectivity index (χ3n) is 3.36. The molecule has 0 spiro atoms. The Bertz CT molecular complexity index is 678. The lowest BCUT2D eigenvalue weighted by molar-refractivity contribution is -0.118. The van der Waals surface area contributed by atoms with Crippen LogP contribution in [0.1, 0.15) is 28.9 Å². The summed E-state index contributed by atoms with van der Waals surface area (Å²) in [6, 6.07) is 6.28. The van der Waals surface area contributed by atoms with Gasteiger partial charge in [0.25, 0.3) is 5.91 Å². The van der Waals surface area contributed by atoms with Gasteiger partial charge in [-0.15, -0.1) is 0 Å². The first-order chi connectivity index (χ1) is 11.0. The molecule has 7 heteroatoms. The van der Waals surface area contributed by atoms with Crippen LogP contribution in [0.5, 0.6) is 0 Å². The molecule has 1 heterocycles. The molecule has 0 aliphatic rings. The molecule has 0 bridgehead atoms. The molecule has 3 N–H and O–H groups in total. The van der Waals surface area contributed by atoms with Crippen LogP contribution >= 0.6 is 0 Å². The van der Waals surface area contributed by atoms with Crippen LogP contribution in [-0.2, 0) is 11.8 Å². The van der Waals surface area contributed by atoms with Gasteiger partial charge in [0.2, 0.25) is 5.91 Å². The Morgan fingerprint density at radius 3 is 2.48 bits per heavy atom. The first kappa shape index (κ1) is 16.7. The number of carbonyl (C=O) groups is 2. The highest BCUT2D eigenvalue weighted by Gasteiger charge is 2.20. The maximum atomic E-state index is 12.4. The Balaban J connectivity index is 2.05. The van der Waals surface area contributed by atoms with Gasteiger partial charge in [0.15, 0.2) is 0 Å². The van der Waals surface area contributed by atoms with Gasteiger partial charge in [-0.3, -0.25) is 14.3 Å². The maximum absolute atomic E-state index is 12.4. The van der Waals surface area contributed by atoms with Gasteiger partial charge in [-0.25, -0.2) is 0 Å². The number of aromatic nitrogens is 2. The lowest BCUT2D eigenvalue weighted by Gasteiger charge is -2.14. The minimum atomic E-state index is -0.494. The average molecular weight is 315 g/mol. The number of carbonyl (C=O) groups excluding carboxylic acids is 2. The van der Waals surface area contributed by atoms with E-state index in [0.717, 1.165) is 5.56 Å².